The Morgan fingerprint density at radius 2 is 2.03 bits per heavy atom. The Balaban J connectivity index is 2.04. The number of para-hydroxylation sites is 1. The Bertz CT molecular complexity index is 1190. The van der Waals surface area contributed by atoms with Crippen LogP contribution in [0.25, 0.3) is 0 Å². The van der Waals surface area contributed by atoms with E-state index in [1.807, 2.05) is 33.1 Å². The van der Waals surface area contributed by atoms with E-state index in [1.54, 1.807) is 46.2 Å². The second-order valence-corrected chi connectivity index (χ2v) is 11.1. The number of benzene rings is 1. The highest BCUT2D eigenvalue weighted by Crippen LogP contribution is 2.52. The zero-order chi connectivity index (χ0) is 22.5. The van der Waals surface area contributed by atoms with Crippen molar-refractivity contribution >= 4 is 34.6 Å². The van der Waals surface area contributed by atoms with Crippen LogP contribution in [-0.2, 0) is 4.79 Å². The molecule has 0 saturated carbocycles. The third-order valence-corrected chi connectivity index (χ3v) is 8.04. The van der Waals surface area contributed by atoms with E-state index in [4.69, 9.17) is 5.73 Å². The van der Waals surface area contributed by atoms with Gasteiger partial charge in [0.25, 0.3) is 0 Å². The van der Waals surface area contributed by atoms with Crippen molar-refractivity contribution in [3.63, 3.8) is 0 Å². The van der Waals surface area contributed by atoms with Gasteiger partial charge in [-0.1, -0.05) is 26.0 Å². The SMILES string of the molecule is CSc1sc(C)cc1C1C(C#N)=C(N)N(c2ccccc2F)C2=C1C(=O)CC(C)(C)C2. The molecule has 1 aliphatic heterocycles. The highest BCUT2D eigenvalue weighted by Gasteiger charge is 2.45. The molecule has 2 N–H and O–H groups in total. The van der Waals surface area contributed by atoms with E-state index < -0.39 is 11.7 Å². The summed E-state index contributed by atoms with van der Waals surface area (Å²) in [4.78, 5) is 16.2. The molecular weight excluding hydrogens is 429 g/mol. The number of ketones is 1. The van der Waals surface area contributed by atoms with E-state index in [0.29, 0.717) is 29.7 Å². The summed E-state index contributed by atoms with van der Waals surface area (Å²) in [6.07, 6.45) is 2.93. The Morgan fingerprint density at radius 3 is 2.68 bits per heavy atom. The number of hydrogen-bond donors (Lipinski definition) is 1. The summed E-state index contributed by atoms with van der Waals surface area (Å²) in [7, 11) is 0. The number of nitrogens with zero attached hydrogens (tertiary/aromatic N) is 2. The number of carbonyl (C=O) groups is 1. The summed E-state index contributed by atoms with van der Waals surface area (Å²) in [6.45, 7) is 6.08. The fourth-order valence-corrected chi connectivity index (χ4v) is 6.51. The second-order valence-electron chi connectivity index (χ2n) is 8.74. The minimum Gasteiger partial charge on any atom is -0.384 e. The summed E-state index contributed by atoms with van der Waals surface area (Å²) in [5.41, 5.74) is 9.04. The first-order valence-electron chi connectivity index (χ1n) is 10.0. The van der Waals surface area contributed by atoms with E-state index in [0.717, 1.165) is 14.6 Å². The highest BCUT2D eigenvalue weighted by atomic mass is 32.2. The molecule has 4 rings (SSSR count). The normalized spacial score (nSPS) is 20.7. The number of aryl methyl sites for hydroxylation is 1. The van der Waals surface area contributed by atoms with Crippen LogP contribution in [0.15, 0.2) is 57.2 Å². The minimum absolute atomic E-state index is 0.00579. The van der Waals surface area contributed by atoms with Gasteiger partial charge in [-0.3, -0.25) is 9.69 Å². The van der Waals surface area contributed by atoms with Gasteiger partial charge in [0.2, 0.25) is 0 Å². The Kier molecular flexibility index (Phi) is 5.48. The van der Waals surface area contributed by atoms with E-state index in [-0.39, 0.29) is 22.7 Å². The van der Waals surface area contributed by atoms with Crippen LogP contribution >= 0.6 is 23.1 Å². The number of halogens is 1. The first-order valence-corrected chi connectivity index (χ1v) is 12.1. The maximum absolute atomic E-state index is 14.9. The molecule has 1 aromatic heterocycles. The number of anilines is 1. The molecule has 2 heterocycles. The lowest BCUT2D eigenvalue weighted by molar-refractivity contribution is -0.118. The fraction of sp³-hybridized carbons (Fsp3) is 0.333. The van der Waals surface area contributed by atoms with E-state index >= 15 is 0 Å². The van der Waals surface area contributed by atoms with Crippen molar-refractivity contribution in [2.75, 3.05) is 11.2 Å². The third-order valence-electron chi connectivity index (χ3n) is 5.82. The maximum atomic E-state index is 14.9. The molecule has 31 heavy (non-hydrogen) atoms. The molecule has 1 aliphatic carbocycles. The van der Waals surface area contributed by atoms with Crippen LogP contribution in [0.5, 0.6) is 0 Å². The predicted octanol–water partition coefficient (Wildman–Crippen LogP) is 5.86. The first-order chi connectivity index (χ1) is 14.7. The van der Waals surface area contributed by atoms with Gasteiger partial charge in [0.1, 0.15) is 11.6 Å². The Hall–Kier alpha value is -2.56. The number of allylic oxidation sites excluding steroid dienone is 3. The number of nitrogens with two attached hydrogens (primary N) is 1. The van der Waals surface area contributed by atoms with Gasteiger partial charge in [-0.2, -0.15) is 5.26 Å². The predicted molar refractivity (Wildman–Crippen MR) is 124 cm³/mol. The smallest absolute Gasteiger partial charge is 0.162 e. The lowest BCUT2D eigenvalue weighted by Gasteiger charge is -2.43. The molecule has 4 nitrogen and oxygen atoms in total. The lowest BCUT2D eigenvalue weighted by Crippen LogP contribution is -2.42. The van der Waals surface area contributed by atoms with Crippen LogP contribution in [0.3, 0.4) is 0 Å². The van der Waals surface area contributed by atoms with Gasteiger partial charge in [-0.25, -0.2) is 4.39 Å². The molecular formula is C24H24FN3OS2. The summed E-state index contributed by atoms with van der Waals surface area (Å²) in [5.74, 6) is -0.787. The molecule has 0 saturated heterocycles. The monoisotopic (exact) mass is 453 g/mol. The van der Waals surface area contributed by atoms with Crippen LogP contribution in [0.1, 0.15) is 43.0 Å². The zero-order valence-corrected chi connectivity index (χ0v) is 19.6. The van der Waals surface area contributed by atoms with Gasteiger partial charge in [0.05, 0.1) is 27.5 Å². The third kappa shape index (κ3) is 3.58. The average molecular weight is 454 g/mol. The summed E-state index contributed by atoms with van der Waals surface area (Å²) < 4.78 is 15.9. The highest BCUT2D eigenvalue weighted by molar-refractivity contribution is 8.00. The number of rotatable bonds is 3. The number of thioether (sulfide) groups is 1. The minimum atomic E-state index is -0.529. The van der Waals surface area contributed by atoms with Gasteiger partial charge in [0, 0.05) is 22.6 Å². The zero-order valence-electron chi connectivity index (χ0n) is 18.0. The van der Waals surface area contributed by atoms with Gasteiger partial charge in [-0.15, -0.1) is 23.1 Å². The van der Waals surface area contributed by atoms with Crippen LogP contribution < -0.4 is 10.6 Å². The van der Waals surface area contributed by atoms with Crippen LogP contribution in [-0.4, -0.2) is 12.0 Å². The van der Waals surface area contributed by atoms with Crippen molar-refractivity contribution in [3.8, 4) is 6.07 Å². The number of hydrogen-bond acceptors (Lipinski definition) is 6. The molecule has 1 atom stereocenters. The quantitative estimate of drug-likeness (QED) is 0.590. The molecule has 0 radical (unpaired) electrons. The number of Topliss-reactive ketones (excluding diaryl/α,β-unsaturated/α-hetero) is 1. The number of nitriles is 1. The Morgan fingerprint density at radius 1 is 1.32 bits per heavy atom. The van der Waals surface area contributed by atoms with Crippen molar-refractivity contribution in [1.82, 2.24) is 0 Å². The van der Waals surface area contributed by atoms with Crippen molar-refractivity contribution in [2.45, 2.75) is 43.7 Å². The van der Waals surface area contributed by atoms with Crippen LogP contribution in [0.2, 0.25) is 0 Å². The fourth-order valence-electron chi connectivity index (χ4n) is 4.60. The van der Waals surface area contributed by atoms with Gasteiger partial charge in [-0.05, 0) is 48.8 Å². The van der Waals surface area contributed by atoms with Crippen LogP contribution in [0.4, 0.5) is 10.1 Å². The largest absolute Gasteiger partial charge is 0.384 e. The molecule has 1 unspecified atom stereocenters. The number of carbonyl (C=O) groups excluding carboxylic acids is 1. The molecule has 7 heteroatoms. The molecule has 0 fully saturated rings. The molecule has 1 aromatic carbocycles. The first kappa shape index (κ1) is 21.7. The Labute approximate surface area is 190 Å². The van der Waals surface area contributed by atoms with E-state index in [9.17, 15) is 14.4 Å². The molecule has 2 aliphatic rings. The molecule has 0 bridgehead atoms. The summed E-state index contributed by atoms with van der Waals surface area (Å²) >= 11 is 3.25. The van der Waals surface area contributed by atoms with Crippen molar-refractivity contribution in [2.24, 2.45) is 11.1 Å². The van der Waals surface area contributed by atoms with Gasteiger partial charge < -0.3 is 5.73 Å². The molecule has 160 valence electrons. The second kappa shape index (κ2) is 7.85. The molecule has 0 spiro atoms. The topological polar surface area (TPSA) is 70.1 Å². The number of thiophene rings is 1. The van der Waals surface area contributed by atoms with Crippen LogP contribution in [0, 0.1) is 29.5 Å². The average Bonchev–Trinajstić information content (AvgIpc) is 3.07. The van der Waals surface area contributed by atoms with Gasteiger partial charge >= 0.3 is 0 Å². The lowest BCUT2D eigenvalue weighted by atomic mass is 9.69. The van der Waals surface area contributed by atoms with Crippen molar-refractivity contribution in [1.29, 1.82) is 5.26 Å². The van der Waals surface area contributed by atoms with E-state index in [2.05, 4.69) is 6.07 Å². The summed E-state index contributed by atoms with van der Waals surface area (Å²) in [6, 6.07) is 10.6. The molecule has 0 amide bonds. The van der Waals surface area contributed by atoms with Crippen molar-refractivity contribution in [3.05, 3.63) is 69.3 Å². The van der Waals surface area contributed by atoms with Gasteiger partial charge in [0.15, 0.2) is 5.78 Å². The van der Waals surface area contributed by atoms with E-state index in [1.165, 1.54) is 6.07 Å². The maximum Gasteiger partial charge on any atom is 0.162 e. The van der Waals surface area contributed by atoms with Crippen molar-refractivity contribution < 1.29 is 9.18 Å². The summed E-state index contributed by atoms with van der Waals surface area (Å²) in [5, 5.41) is 10.1. The standard InChI is InChI=1S/C24H24FN3OS2/c1-13-9-14(23(30-4)31-13)20-15(12-26)22(27)28(17-8-6-5-7-16(17)25)18-10-24(2,3)11-19(29)21(18)20/h5-9,20H,10-11,27H2,1-4H3. The molecule has 2 aromatic rings.